The fourth-order valence-electron chi connectivity index (χ4n) is 4.41. The molecule has 0 bridgehead atoms. The fraction of sp³-hybridized carbons (Fsp3) is 0.241. The number of fused-ring (bicyclic) bond motifs is 1. The molecule has 6 heteroatoms. The van der Waals surface area contributed by atoms with Crippen molar-refractivity contribution < 1.29 is 19.1 Å². The predicted octanol–water partition coefficient (Wildman–Crippen LogP) is 4.87. The SMILES string of the molecule is Cc1cccc(CN2C(=O)C(=Cc3ccc(C(=O)NCC4CCCO4)cc3)Oc3ccccc32)c1. The molecule has 0 aliphatic carbocycles. The van der Waals surface area contributed by atoms with Crippen LogP contribution in [0.15, 0.2) is 78.6 Å². The zero-order valence-corrected chi connectivity index (χ0v) is 19.7. The van der Waals surface area contributed by atoms with Crippen LogP contribution in [-0.4, -0.2) is 31.1 Å². The molecule has 1 unspecified atom stereocenters. The number of amides is 2. The maximum Gasteiger partial charge on any atom is 0.294 e. The molecule has 0 saturated carbocycles. The number of hydrogen-bond donors (Lipinski definition) is 1. The zero-order chi connectivity index (χ0) is 24.2. The van der Waals surface area contributed by atoms with Crippen molar-refractivity contribution in [1.82, 2.24) is 5.32 Å². The number of carbonyl (C=O) groups excluding carboxylic acids is 2. The number of carbonyl (C=O) groups is 2. The number of aryl methyl sites for hydroxylation is 1. The molecule has 0 radical (unpaired) electrons. The first-order valence-corrected chi connectivity index (χ1v) is 11.9. The van der Waals surface area contributed by atoms with Gasteiger partial charge in [0.15, 0.2) is 11.5 Å². The number of para-hydroxylation sites is 2. The third-order valence-electron chi connectivity index (χ3n) is 6.24. The van der Waals surface area contributed by atoms with Crippen LogP contribution in [0.1, 0.15) is 39.9 Å². The van der Waals surface area contributed by atoms with E-state index in [9.17, 15) is 9.59 Å². The van der Waals surface area contributed by atoms with Gasteiger partial charge in [-0.25, -0.2) is 0 Å². The Labute approximate surface area is 205 Å². The number of rotatable bonds is 6. The summed E-state index contributed by atoms with van der Waals surface area (Å²) in [6.07, 6.45) is 3.83. The summed E-state index contributed by atoms with van der Waals surface area (Å²) in [5.41, 5.74) is 4.28. The lowest BCUT2D eigenvalue weighted by molar-refractivity contribution is -0.117. The van der Waals surface area contributed by atoms with E-state index in [1.54, 1.807) is 23.1 Å². The molecule has 3 aromatic rings. The molecule has 178 valence electrons. The molecule has 2 aliphatic heterocycles. The average Bonchev–Trinajstić information content (AvgIpc) is 3.39. The largest absolute Gasteiger partial charge is 0.449 e. The molecule has 2 heterocycles. The second kappa shape index (κ2) is 10.2. The summed E-state index contributed by atoms with van der Waals surface area (Å²) in [5.74, 6) is 0.537. The Morgan fingerprint density at radius 2 is 1.91 bits per heavy atom. The number of anilines is 1. The van der Waals surface area contributed by atoms with Crippen molar-refractivity contribution in [2.75, 3.05) is 18.1 Å². The normalized spacial score (nSPS) is 18.3. The third kappa shape index (κ3) is 5.28. The number of ether oxygens (including phenoxy) is 2. The molecule has 3 aromatic carbocycles. The Kier molecular flexibility index (Phi) is 6.64. The van der Waals surface area contributed by atoms with E-state index in [-0.39, 0.29) is 23.7 Å². The summed E-state index contributed by atoms with van der Waals surface area (Å²) in [5, 5.41) is 2.93. The summed E-state index contributed by atoms with van der Waals surface area (Å²) in [4.78, 5) is 27.6. The lowest BCUT2D eigenvalue weighted by atomic mass is 10.1. The van der Waals surface area contributed by atoms with Crippen LogP contribution < -0.4 is 15.0 Å². The summed E-state index contributed by atoms with van der Waals surface area (Å²) >= 11 is 0. The molecular weight excluding hydrogens is 440 g/mol. The molecule has 1 N–H and O–H groups in total. The van der Waals surface area contributed by atoms with Gasteiger partial charge in [-0.05, 0) is 61.2 Å². The average molecular weight is 469 g/mol. The molecule has 2 aliphatic rings. The van der Waals surface area contributed by atoms with Gasteiger partial charge in [-0.1, -0.05) is 54.1 Å². The minimum atomic E-state index is -0.205. The Morgan fingerprint density at radius 1 is 1.09 bits per heavy atom. The van der Waals surface area contributed by atoms with Gasteiger partial charge in [-0.15, -0.1) is 0 Å². The van der Waals surface area contributed by atoms with Gasteiger partial charge in [0.25, 0.3) is 11.8 Å². The van der Waals surface area contributed by atoms with E-state index in [0.717, 1.165) is 41.8 Å². The van der Waals surface area contributed by atoms with Gasteiger partial charge in [-0.2, -0.15) is 0 Å². The van der Waals surface area contributed by atoms with E-state index in [1.165, 1.54) is 0 Å². The van der Waals surface area contributed by atoms with E-state index < -0.39 is 0 Å². The summed E-state index contributed by atoms with van der Waals surface area (Å²) < 4.78 is 11.5. The van der Waals surface area contributed by atoms with Crippen LogP contribution in [-0.2, 0) is 16.1 Å². The molecule has 1 saturated heterocycles. The highest BCUT2D eigenvalue weighted by Gasteiger charge is 2.30. The molecule has 0 aromatic heterocycles. The van der Waals surface area contributed by atoms with Gasteiger partial charge >= 0.3 is 0 Å². The second-order valence-electron chi connectivity index (χ2n) is 8.93. The van der Waals surface area contributed by atoms with Crippen LogP contribution in [0.2, 0.25) is 0 Å². The van der Waals surface area contributed by atoms with Crippen LogP contribution in [0.25, 0.3) is 6.08 Å². The maximum absolute atomic E-state index is 13.4. The lowest BCUT2D eigenvalue weighted by Crippen LogP contribution is -2.36. The molecule has 2 amide bonds. The van der Waals surface area contributed by atoms with Crippen LogP contribution >= 0.6 is 0 Å². The van der Waals surface area contributed by atoms with Crippen LogP contribution in [0.5, 0.6) is 5.75 Å². The smallest absolute Gasteiger partial charge is 0.294 e. The highest BCUT2D eigenvalue weighted by atomic mass is 16.5. The topological polar surface area (TPSA) is 67.9 Å². The number of benzene rings is 3. The zero-order valence-electron chi connectivity index (χ0n) is 19.7. The third-order valence-corrected chi connectivity index (χ3v) is 6.24. The van der Waals surface area contributed by atoms with Gasteiger partial charge in [-0.3, -0.25) is 14.5 Å². The van der Waals surface area contributed by atoms with Gasteiger partial charge in [0.2, 0.25) is 0 Å². The van der Waals surface area contributed by atoms with Gasteiger partial charge in [0, 0.05) is 18.7 Å². The standard InChI is InChI=1S/C29H28N2O4/c1-20-6-4-7-22(16-20)19-31-25-9-2-3-10-26(25)35-27(29(31)33)17-21-11-13-23(14-12-21)28(32)30-18-24-8-5-15-34-24/h2-4,6-7,9-14,16-17,24H,5,8,15,18-19H2,1H3,(H,30,32). The first-order chi connectivity index (χ1) is 17.1. The summed E-state index contributed by atoms with van der Waals surface area (Å²) in [7, 11) is 0. The molecule has 1 atom stereocenters. The first kappa shape index (κ1) is 22.9. The van der Waals surface area contributed by atoms with E-state index in [0.29, 0.717) is 24.4 Å². The molecule has 5 rings (SSSR count). The van der Waals surface area contributed by atoms with Crippen molar-refractivity contribution in [2.45, 2.75) is 32.4 Å². The van der Waals surface area contributed by atoms with E-state index in [1.807, 2.05) is 61.5 Å². The minimum Gasteiger partial charge on any atom is -0.449 e. The summed E-state index contributed by atoms with van der Waals surface area (Å²) in [6, 6.07) is 22.8. The van der Waals surface area contributed by atoms with Crippen LogP contribution in [0.3, 0.4) is 0 Å². The Balaban J connectivity index is 1.34. The molecule has 0 spiro atoms. The maximum atomic E-state index is 13.4. The van der Waals surface area contributed by atoms with E-state index in [2.05, 4.69) is 11.4 Å². The Bertz CT molecular complexity index is 1260. The number of nitrogens with zero attached hydrogens (tertiary/aromatic N) is 1. The minimum absolute atomic E-state index is 0.100. The van der Waals surface area contributed by atoms with Gasteiger partial charge in [0.1, 0.15) is 0 Å². The van der Waals surface area contributed by atoms with Crippen molar-refractivity contribution in [1.29, 1.82) is 0 Å². The molecular formula is C29H28N2O4. The van der Waals surface area contributed by atoms with Crippen LogP contribution in [0.4, 0.5) is 5.69 Å². The molecule has 1 fully saturated rings. The van der Waals surface area contributed by atoms with Crippen molar-refractivity contribution >= 4 is 23.6 Å². The highest BCUT2D eigenvalue weighted by molar-refractivity contribution is 6.09. The van der Waals surface area contributed by atoms with Gasteiger partial charge in [0.05, 0.1) is 18.3 Å². The van der Waals surface area contributed by atoms with Crippen molar-refractivity contribution in [3.05, 3.63) is 101 Å². The van der Waals surface area contributed by atoms with E-state index >= 15 is 0 Å². The van der Waals surface area contributed by atoms with Gasteiger partial charge < -0.3 is 14.8 Å². The van der Waals surface area contributed by atoms with Crippen molar-refractivity contribution in [2.24, 2.45) is 0 Å². The molecule has 6 nitrogen and oxygen atoms in total. The number of nitrogens with one attached hydrogen (secondary N) is 1. The fourth-order valence-corrected chi connectivity index (χ4v) is 4.41. The summed E-state index contributed by atoms with van der Waals surface area (Å²) in [6.45, 7) is 3.76. The highest BCUT2D eigenvalue weighted by Crippen LogP contribution is 2.36. The lowest BCUT2D eigenvalue weighted by Gasteiger charge is -2.30. The first-order valence-electron chi connectivity index (χ1n) is 11.9. The Hall–Kier alpha value is -3.90. The molecule has 35 heavy (non-hydrogen) atoms. The van der Waals surface area contributed by atoms with Crippen molar-refractivity contribution in [3.8, 4) is 5.75 Å². The predicted molar refractivity (Wildman–Crippen MR) is 135 cm³/mol. The van der Waals surface area contributed by atoms with Crippen molar-refractivity contribution in [3.63, 3.8) is 0 Å². The Morgan fingerprint density at radius 3 is 2.69 bits per heavy atom. The monoisotopic (exact) mass is 468 g/mol. The second-order valence-corrected chi connectivity index (χ2v) is 8.93. The quantitative estimate of drug-likeness (QED) is 0.524. The number of hydrogen-bond acceptors (Lipinski definition) is 4. The van der Waals surface area contributed by atoms with E-state index in [4.69, 9.17) is 9.47 Å². The van der Waals surface area contributed by atoms with Crippen LogP contribution in [0, 0.1) is 6.92 Å².